The molecule has 1 aliphatic heterocycles. The lowest BCUT2D eigenvalue weighted by Crippen LogP contribution is -2.41. The number of benzene rings is 1. The molecule has 0 N–H and O–H groups in total. The maximum atomic E-state index is 13.0. The molecule has 1 aromatic heterocycles. The van der Waals surface area contributed by atoms with Crippen LogP contribution >= 0.6 is 15.9 Å². The molecule has 0 fully saturated rings. The Hall–Kier alpha value is -1.11. The Morgan fingerprint density at radius 3 is 2.55 bits per heavy atom. The summed E-state index contributed by atoms with van der Waals surface area (Å²) in [6.07, 6.45) is 0. The molecule has 1 aliphatic rings. The highest BCUT2D eigenvalue weighted by Crippen LogP contribution is 2.33. The molecule has 3 rings (SSSR count). The Bertz CT molecular complexity index is 827. The third-order valence-electron chi connectivity index (χ3n) is 4.37. The van der Waals surface area contributed by atoms with Crippen LogP contribution in [0.5, 0.6) is 0 Å². The maximum absolute atomic E-state index is 13.0. The summed E-state index contributed by atoms with van der Waals surface area (Å²) in [5, 5.41) is 0. The van der Waals surface area contributed by atoms with Crippen molar-refractivity contribution < 1.29 is 8.42 Å². The molecule has 22 heavy (non-hydrogen) atoms. The number of fused-ring (bicyclic) bond motifs is 1. The number of aromatic nitrogens is 1. The van der Waals surface area contributed by atoms with Crippen molar-refractivity contribution >= 4 is 26.0 Å². The predicted octanol–water partition coefficient (Wildman–Crippen LogP) is 3.63. The minimum absolute atomic E-state index is 0.156. The third kappa shape index (κ3) is 2.43. The predicted molar refractivity (Wildman–Crippen MR) is 90.4 cm³/mol. The van der Waals surface area contributed by atoms with E-state index in [0.717, 1.165) is 15.7 Å². The van der Waals surface area contributed by atoms with Gasteiger partial charge in [-0.25, -0.2) is 8.42 Å². The van der Waals surface area contributed by atoms with E-state index in [-0.39, 0.29) is 6.04 Å². The molecule has 0 bridgehead atoms. The highest BCUT2D eigenvalue weighted by atomic mass is 79.9. The lowest BCUT2D eigenvalue weighted by Gasteiger charge is -2.34. The summed E-state index contributed by atoms with van der Waals surface area (Å²) in [6, 6.07) is 9.10. The van der Waals surface area contributed by atoms with Crippen molar-refractivity contribution in [3.63, 3.8) is 0 Å². The van der Waals surface area contributed by atoms with E-state index in [1.807, 2.05) is 26.0 Å². The van der Waals surface area contributed by atoms with Crippen LogP contribution in [0.3, 0.4) is 0 Å². The van der Waals surface area contributed by atoms with Crippen LogP contribution in [0.1, 0.15) is 29.9 Å². The van der Waals surface area contributed by atoms with Gasteiger partial charge in [0.15, 0.2) is 0 Å². The van der Waals surface area contributed by atoms with Crippen LogP contribution in [-0.2, 0) is 16.6 Å². The number of hydrogen-bond donors (Lipinski definition) is 0. The topological polar surface area (TPSA) is 42.3 Å². The molecule has 0 radical (unpaired) electrons. The smallest absolute Gasteiger partial charge is 0.243 e. The van der Waals surface area contributed by atoms with Crippen molar-refractivity contribution in [3.8, 4) is 0 Å². The minimum Gasteiger partial charge on any atom is -0.346 e. The lowest BCUT2D eigenvalue weighted by molar-refractivity contribution is 0.280. The molecule has 1 atom stereocenters. The molecule has 2 aromatic rings. The van der Waals surface area contributed by atoms with E-state index >= 15 is 0 Å². The Morgan fingerprint density at radius 2 is 1.86 bits per heavy atom. The van der Waals surface area contributed by atoms with Gasteiger partial charge in [0.1, 0.15) is 0 Å². The molecular formula is C16H19BrN2O2S. The second kappa shape index (κ2) is 5.51. The standard InChI is InChI=1S/C16H19BrN2O2S/c1-11-10-14(5-6-15(11)17)22(20,21)19-9-8-18-12(2)4-7-16(18)13(19)3/h4-7,10,13H,8-9H2,1-3H3/t13-/m0/s1. The van der Waals surface area contributed by atoms with Gasteiger partial charge in [0.25, 0.3) is 0 Å². The summed E-state index contributed by atoms with van der Waals surface area (Å²) >= 11 is 3.42. The summed E-state index contributed by atoms with van der Waals surface area (Å²) in [5.74, 6) is 0. The van der Waals surface area contributed by atoms with Crippen LogP contribution in [0.2, 0.25) is 0 Å². The van der Waals surface area contributed by atoms with E-state index in [1.165, 1.54) is 5.69 Å². The summed E-state index contributed by atoms with van der Waals surface area (Å²) in [7, 11) is -3.48. The zero-order valence-corrected chi connectivity index (χ0v) is 15.3. The van der Waals surface area contributed by atoms with Crippen molar-refractivity contribution in [2.45, 2.75) is 38.3 Å². The third-order valence-corrected chi connectivity index (χ3v) is 7.23. The number of nitrogens with zero attached hydrogens (tertiary/aromatic N) is 2. The van der Waals surface area contributed by atoms with Crippen LogP contribution in [0.25, 0.3) is 0 Å². The summed E-state index contributed by atoms with van der Waals surface area (Å²) in [6.45, 7) is 7.11. The van der Waals surface area contributed by atoms with Gasteiger partial charge in [0, 0.05) is 29.0 Å². The SMILES string of the molecule is Cc1cc(S(=O)(=O)N2CCn3c(C)ccc3[C@@H]2C)ccc1Br. The fourth-order valence-electron chi connectivity index (χ4n) is 3.04. The maximum Gasteiger partial charge on any atom is 0.243 e. The van der Waals surface area contributed by atoms with Crippen LogP contribution in [0.4, 0.5) is 0 Å². The first-order valence-electron chi connectivity index (χ1n) is 7.26. The molecule has 0 amide bonds. The average Bonchev–Trinajstić information content (AvgIpc) is 2.84. The number of aryl methyl sites for hydroxylation is 2. The van der Waals surface area contributed by atoms with Crippen molar-refractivity contribution in [2.75, 3.05) is 6.54 Å². The molecule has 118 valence electrons. The number of halogens is 1. The molecule has 0 saturated heterocycles. The van der Waals surface area contributed by atoms with Crippen molar-refractivity contribution in [3.05, 3.63) is 51.8 Å². The summed E-state index contributed by atoms with van der Waals surface area (Å²) < 4.78 is 30.7. The first-order valence-corrected chi connectivity index (χ1v) is 9.49. The fraction of sp³-hybridized carbons (Fsp3) is 0.375. The van der Waals surface area contributed by atoms with Crippen molar-refractivity contribution in [2.24, 2.45) is 0 Å². The molecule has 0 saturated carbocycles. The van der Waals surface area contributed by atoms with E-state index in [4.69, 9.17) is 0 Å². The van der Waals surface area contributed by atoms with Crippen LogP contribution in [0, 0.1) is 13.8 Å². The molecule has 0 spiro atoms. The second-order valence-electron chi connectivity index (χ2n) is 5.75. The summed E-state index contributed by atoms with van der Waals surface area (Å²) in [5.41, 5.74) is 3.16. The first kappa shape index (κ1) is 15.8. The first-order chi connectivity index (χ1) is 10.3. The van der Waals surface area contributed by atoms with E-state index < -0.39 is 10.0 Å². The van der Waals surface area contributed by atoms with Gasteiger partial charge in [0.2, 0.25) is 10.0 Å². The van der Waals surface area contributed by atoms with E-state index in [2.05, 4.69) is 27.4 Å². The molecule has 4 nitrogen and oxygen atoms in total. The fourth-order valence-corrected chi connectivity index (χ4v) is 4.97. The largest absolute Gasteiger partial charge is 0.346 e. The zero-order chi connectivity index (χ0) is 16.1. The quantitative estimate of drug-likeness (QED) is 0.795. The molecule has 2 heterocycles. The second-order valence-corrected chi connectivity index (χ2v) is 8.50. The normalized spacial score (nSPS) is 19.2. The number of rotatable bonds is 2. The number of sulfonamides is 1. The van der Waals surface area contributed by atoms with Crippen LogP contribution in [0.15, 0.2) is 39.7 Å². The van der Waals surface area contributed by atoms with Gasteiger partial charge < -0.3 is 4.57 Å². The van der Waals surface area contributed by atoms with Crippen molar-refractivity contribution in [1.29, 1.82) is 0 Å². The average molecular weight is 383 g/mol. The van der Waals surface area contributed by atoms with Gasteiger partial charge in [0.05, 0.1) is 10.9 Å². The summed E-state index contributed by atoms with van der Waals surface area (Å²) in [4.78, 5) is 0.358. The number of hydrogen-bond acceptors (Lipinski definition) is 2. The molecule has 0 unspecified atom stereocenters. The molecule has 6 heteroatoms. The van der Waals surface area contributed by atoms with E-state index in [0.29, 0.717) is 18.0 Å². The minimum atomic E-state index is -3.48. The van der Waals surface area contributed by atoms with Gasteiger partial charge in [-0.1, -0.05) is 15.9 Å². The van der Waals surface area contributed by atoms with Gasteiger partial charge in [-0.2, -0.15) is 4.31 Å². The Morgan fingerprint density at radius 1 is 1.14 bits per heavy atom. The Balaban J connectivity index is 2.01. The van der Waals surface area contributed by atoms with Crippen LogP contribution in [-0.4, -0.2) is 23.8 Å². The molecule has 0 aliphatic carbocycles. The highest BCUT2D eigenvalue weighted by molar-refractivity contribution is 9.10. The monoisotopic (exact) mass is 382 g/mol. The van der Waals surface area contributed by atoms with Gasteiger partial charge >= 0.3 is 0 Å². The van der Waals surface area contributed by atoms with Crippen molar-refractivity contribution in [1.82, 2.24) is 8.87 Å². The molecule has 1 aromatic carbocycles. The van der Waals surface area contributed by atoms with Gasteiger partial charge in [-0.05, 0) is 56.7 Å². The Kier molecular flexibility index (Phi) is 3.95. The molecular weight excluding hydrogens is 364 g/mol. The zero-order valence-electron chi connectivity index (χ0n) is 12.9. The Labute approximate surface area is 139 Å². The van der Waals surface area contributed by atoms with E-state index in [9.17, 15) is 8.42 Å². The lowest BCUT2D eigenvalue weighted by atomic mass is 10.2. The van der Waals surface area contributed by atoms with Crippen LogP contribution < -0.4 is 0 Å². The van der Waals surface area contributed by atoms with Gasteiger partial charge in [-0.3, -0.25) is 0 Å². The van der Waals surface area contributed by atoms with E-state index in [1.54, 1.807) is 22.5 Å². The highest BCUT2D eigenvalue weighted by Gasteiger charge is 2.34. The van der Waals surface area contributed by atoms with Gasteiger partial charge in [-0.15, -0.1) is 0 Å².